The van der Waals surface area contributed by atoms with Crippen molar-refractivity contribution in [3.05, 3.63) is 59.9 Å². The predicted octanol–water partition coefficient (Wildman–Crippen LogP) is 4.56. The molecule has 0 aliphatic carbocycles. The molecule has 0 N–H and O–H groups in total. The van der Waals surface area contributed by atoms with Crippen LogP contribution in [0.2, 0.25) is 0 Å². The maximum Gasteiger partial charge on any atom is 0.320 e. The molecule has 26 heavy (non-hydrogen) atoms. The summed E-state index contributed by atoms with van der Waals surface area (Å²) in [5.74, 6) is 0.819. The highest BCUT2D eigenvalue weighted by Crippen LogP contribution is 2.23. The van der Waals surface area contributed by atoms with Crippen molar-refractivity contribution < 1.29 is 18.4 Å². The number of hydrogen-bond donors (Lipinski definition) is 0. The minimum Gasteiger partial charge on any atom is -0.490 e. The Labute approximate surface area is 149 Å². The van der Waals surface area contributed by atoms with Crippen molar-refractivity contribution in [2.75, 3.05) is 13.2 Å². The fourth-order valence-electron chi connectivity index (χ4n) is 2.51. The molecule has 0 radical (unpaired) electrons. The number of nitrogens with zero attached hydrogens (tertiary/aromatic N) is 3. The second kappa shape index (κ2) is 7.95. The van der Waals surface area contributed by atoms with E-state index in [1.165, 1.54) is 0 Å². The van der Waals surface area contributed by atoms with Gasteiger partial charge in [0.25, 0.3) is 0 Å². The van der Waals surface area contributed by atoms with Crippen LogP contribution in [0.25, 0.3) is 11.0 Å². The second-order valence-electron chi connectivity index (χ2n) is 5.74. The summed E-state index contributed by atoms with van der Waals surface area (Å²) in [4.78, 5) is 9.42. The van der Waals surface area contributed by atoms with Crippen LogP contribution in [0.5, 0.6) is 5.75 Å². The summed E-state index contributed by atoms with van der Waals surface area (Å²) in [6, 6.07) is 14.4. The lowest BCUT2D eigenvalue weighted by molar-refractivity contribution is 0.0734. The van der Waals surface area contributed by atoms with Crippen LogP contribution in [0.3, 0.4) is 0 Å². The molecular weight excluding hydrogens is 340 g/mol. The molecule has 0 amide bonds. The summed E-state index contributed by atoms with van der Waals surface area (Å²) in [5.41, 5.74) is 2.27. The average molecular weight is 359 g/mol. The molecule has 0 aliphatic heterocycles. The van der Waals surface area contributed by atoms with Crippen LogP contribution >= 0.6 is 0 Å². The van der Waals surface area contributed by atoms with E-state index in [1.54, 1.807) is 31.2 Å². The highest BCUT2D eigenvalue weighted by atomic mass is 19.3. The Morgan fingerprint density at radius 1 is 1.12 bits per heavy atom. The number of para-hydroxylation sites is 2. The molecule has 1 aromatic heterocycles. The largest absolute Gasteiger partial charge is 0.490 e. The third kappa shape index (κ3) is 3.99. The maximum atomic E-state index is 13.4. The number of rotatable bonds is 7. The van der Waals surface area contributed by atoms with Gasteiger partial charge in [-0.25, -0.2) is 4.98 Å². The van der Waals surface area contributed by atoms with Gasteiger partial charge in [0.15, 0.2) is 12.4 Å². The summed E-state index contributed by atoms with van der Waals surface area (Å²) in [5, 5.41) is 3.90. The van der Waals surface area contributed by atoms with E-state index >= 15 is 0 Å². The zero-order valence-electron chi connectivity index (χ0n) is 14.5. The topological polar surface area (TPSA) is 48.6 Å². The Kier molecular flexibility index (Phi) is 5.46. The summed E-state index contributed by atoms with van der Waals surface area (Å²) in [7, 11) is 0. The van der Waals surface area contributed by atoms with Gasteiger partial charge in [-0.1, -0.05) is 35.0 Å². The van der Waals surface area contributed by atoms with Crippen molar-refractivity contribution in [3.8, 4) is 5.75 Å². The first kappa shape index (κ1) is 17.8. The van der Waals surface area contributed by atoms with Gasteiger partial charge < -0.3 is 9.57 Å². The molecule has 3 aromatic rings. The minimum atomic E-state index is -2.72. The number of fused-ring (bicyclic) bond motifs is 1. The standard InChI is InChI=1S/C19H19F2N3O2/c1-13-7-9-15(10-8-13)25-11-12-26-23-14(2)18-22-16-5-3-4-6-17(16)24(18)19(20)21/h3-10,19H,11-12H2,1-2H3/b23-14-. The predicted molar refractivity (Wildman–Crippen MR) is 95.8 cm³/mol. The van der Waals surface area contributed by atoms with Gasteiger partial charge in [-0.2, -0.15) is 8.78 Å². The Morgan fingerprint density at radius 2 is 1.85 bits per heavy atom. The fraction of sp³-hybridized carbons (Fsp3) is 0.263. The molecule has 7 heteroatoms. The number of ether oxygens (including phenoxy) is 1. The van der Waals surface area contributed by atoms with Crippen LogP contribution < -0.4 is 4.74 Å². The number of benzene rings is 2. The van der Waals surface area contributed by atoms with Gasteiger partial charge in [0, 0.05) is 0 Å². The zero-order chi connectivity index (χ0) is 18.5. The smallest absolute Gasteiger partial charge is 0.320 e. The minimum absolute atomic E-state index is 0.0839. The lowest BCUT2D eigenvalue weighted by atomic mass is 10.2. The highest BCUT2D eigenvalue weighted by Gasteiger charge is 2.19. The number of oxime groups is 1. The molecule has 0 bridgehead atoms. The van der Waals surface area contributed by atoms with Crippen LogP contribution in [-0.2, 0) is 4.84 Å². The van der Waals surface area contributed by atoms with Gasteiger partial charge in [-0.3, -0.25) is 4.57 Å². The Morgan fingerprint density at radius 3 is 2.58 bits per heavy atom. The number of halogens is 2. The third-order valence-corrected chi connectivity index (χ3v) is 3.78. The molecule has 0 spiro atoms. The molecule has 0 atom stereocenters. The van der Waals surface area contributed by atoms with E-state index in [0.717, 1.165) is 15.9 Å². The molecule has 0 aliphatic rings. The monoisotopic (exact) mass is 359 g/mol. The quantitative estimate of drug-likeness (QED) is 0.353. The zero-order valence-corrected chi connectivity index (χ0v) is 14.5. The van der Waals surface area contributed by atoms with Crippen LogP contribution in [0.4, 0.5) is 8.78 Å². The Hall–Kier alpha value is -2.96. The van der Waals surface area contributed by atoms with Gasteiger partial charge in [0.2, 0.25) is 0 Å². The molecular formula is C19H19F2N3O2. The molecule has 0 saturated carbocycles. The third-order valence-electron chi connectivity index (χ3n) is 3.78. The normalized spacial score (nSPS) is 12.0. The van der Waals surface area contributed by atoms with E-state index in [9.17, 15) is 8.78 Å². The summed E-state index contributed by atoms with van der Waals surface area (Å²) in [6.45, 7) is 1.36. The second-order valence-corrected chi connectivity index (χ2v) is 5.74. The molecule has 3 rings (SSSR count). The van der Waals surface area contributed by atoms with Gasteiger partial charge in [0.1, 0.15) is 18.1 Å². The van der Waals surface area contributed by atoms with Crippen LogP contribution in [0, 0.1) is 6.92 Å². The number of imidazole rings is 1. The first-order chi connectivity index (χ1) is 12.6. The lowest BCUT2D eigenvalue weighted by Gasteiger charge is -2.08. The molecule has 1 heterocycles. The molecule has 0 fully saturated rings. The van der Waals surface area contributed by atoms with Crippen molar-refractivity contribution in [1.29, 1.82) is 0 Å². The molecule has 136 valence electrons. The van der Waals surface area contributed by atoms with Gasteiger partial charge >= 0.3 is 6.55 Å². The molecule has 5 nitrogen and oxygen atoms in total. The summed E-state index contributed by atoms with van der Waals surface area (Å²) >= 11 is 0. The van der Waals surface area contributed by atoms with Crippen LogP contribution in [0.1, 0.15) is 24.9 Å². The van der Waals surface area contributed by atoms with E-state index in [2.05, 4.69) is 10.1 Å². The fourth-order valence-corrected chi connectivity index (χ4v) is 2.51. The van der Waals surface area contributed by atoms with E-state index < -0.39 is 6.55 Å². The first-order valence-electron chi connectivity index (χ1n) is 8.18. The Bertz CT molecular complexity index is 905. The van der Waals surface area contributed by atoms with Gasteiger partial charge in [-0.15, -0.1) is 0 Å². The van der Waals surface area contributed by atoms with Crippen molar-refractivity contribution in [2.45, 2.75) is 20.4 Å². The average Bonchev–Trinajstić information content (AvgIpc) is 3.02. The number of aryl methyl sites for hydroxylation is 1. The van der Waals surface area contributed by atoms with E-state index in [4.69, 9.17) is 9.57 Å². The van der Waals surface area contributed by atoms with Crippen molar-refractivity contribution in [2.24, 2.45) is 5.16 Å². The van der Waals surface area contributed by atoms with E-state index in [-0.39, 0.29) is 18.1 Å². The van der Waals surface area contributed by atoms with Crippen LogP contribution in [0.15, 0.2) is 53.7 Å². The van der Waals surface area contributed by atoms with Gasteiger partial charge in [0.05, 0.1) is 11.0 Å². The SMILES string of the molecule is C/C(=N/OCCOc1ccc(C)cc1)c1nc2ccccc2n1C(F)F. The maximum absolute atomic E-state index is 13.4. The molecule has 0 saturated heterocycles. The van der Waals surface area contributed by atoms with Crippen molar-refractivity contribution in [3.63, 3.8) is 0 Å². The van der Waals surface area contributed by atoms with Gasteiger partial charge in [-0.05, 0) is 38.1 Å². The lowest BCUT2D eigenvalue weighted by Crippen LogP contribution is -2.11. The first-order valence-corrected chi connectivity index (χ1v) is 8.18. The summed E-state index contributed by atoms with van der Waals surface area (Å²) < 4.78 is 33.2. The Balaban J connectivity index is 1.63. The number of aromatic nitrogens is 2. The number of alkyl halides is 2. The summed E-state index contributed by atoms with van der Waals surface area (Å²) in [6.07, 6.45) is 0. The molecule has 2 aromatic carbocycles. The molecule has 0 unspecified atom stereocenters. The van der Waals surface area contributed by atoms with E-state index in [1.807, 2.05) is 31.2 Å². The number of hydrogen-bond acceptors (Lipinski definition) is 4. The van der Waals surface area contributed by atoms with Crippen molar-refractivity contribution in [1.82, 2.24) is 9.55 Å². The van der Waals surface area contributed by atoms with Crippen molar-refractivity contribution >= 4 is 16.7 Å². The highest BCUT2D eigenvalue weighted by molar-refractivity contribution is 5.98. The van der Waals surface area contributed by atoms with Crippen LogP contribution in [-0.4, -0.2) is 28.5 Å². The van der Waals surface area contributed by atoms with E-state index in [0.29, 0.717) is 17.6 Å².